The van der Waals surface area contributed by atoms with Gasteiger partial charge in [-0.3, -0.25) is 9.69 Å². The second kappa shape index (κ2) is 7.52. The second-order valence-corrected chi connectivity index (χ2v) is 8.17. The van der Waals surface area contributed by atoms with Crippen molar-refractivity contribution in [3.63, 3.8) is 0 Å². The summed E-state index contributed by atoms with van der Waals surface area (Å²) in [6.45, 7) is 4.33. The Morgan fingerprint density at radius 1 is 1.10 bits per heavy atom. The Balaban J connectivity index is 1.77. The van der Waals surface area contributed by atoms with Crippen LogP contribution in [0.4, 0.5) is 16.2 Å². The average Bonchev–Trinajstić information content (AvgIpc) is 2.72. The zero-order valence-corrected chi connectivity index (χ0v) is 16.8. The molecule has 0 aromatic heterocycles. The maximum atomic E-state index is 13.5. The summed E-state index contributed by atoms with van der Waals surface area (Å²) < 4.78 is 0. The number of hydrogen-bond donors (Lipinski definition) is 3. The Labute approximate surface area is 170 Å². The van der Waals surface area contributed by atoms with Crippen molar-refractivity contribution in [1.82, 2.24) is 5.32 Å². The number of fused-ring (bicyclic) bond motifs is 1. The van der Waals surface area contributed by atoms with Crippen LogP contribution in [0.25, 0.3) is 0 Å². The number of benzene rings is 2. The zero-order valence-electron chi connectivity index (χ0n) is 16.8. The second-order valence-electron chi connectivity index (χ2n) is 8.17. The number of nitrogens with one attached hydrogen (secondary N) is 2. The van der Waals surface area contributed by atoms with E-state index in [1.54, 1.807) is 48.5 Å². The Bertz CT molecular complexity index is 917. The highest BCUT2D eigenvalue weighted by molar-refractivity contribution is 6.11. The SMILES string of the molecule is C[C@@H]1[C@H](C)CCC[C@H]1NC(=O)[C@@]1(O)c2ccccc2NC(=O)N1c1ccccc1. The van der Waals surface area contributed by atoms with Crippen molar-refractivity contribution in [3.8, 4) is 0 Å². The van der Waals surface area contributed by atoms with Crippen LogP contribution in [-0.2, 0) is 10.5 Å². The van der Waals surface area contributed by atoms with Gasteiger partial charge in [-0.05, 0) is 36.5 Å². The van der Waals surface area contributed by atoms with Gasteiger partial charge in [0.15, 0.2) is 0 Å². The molecule has 152 valence electrons. The third kappa shape index (κ3) is 3.27. The molecule has 1 aliphatic carbocycles. The molecule has 0 unspecified atom stereocenters. The van der Waals surface area contributed by atoms with Crippen molar-refractivity contribution < 1.29 is 14.7 Å². The minimum absolute atomic E-state index is 0.0370. The molecule has 0 saturated heterocycles. The summed E-state index contributed by atoms with van der Waals surface area (Å²) in [5.74, 6) is 0.222. The summed E-state index contributed by atoms with van der Waals surface area (Å²) in [6, 6.07) is 15.1. The number of rotatable bonds is 3. The van der Waals surface area contributed by atoms with Gasteiger partial charge in [0.25, 0.3) is 11.6 Å². The Kier molecular flexibility index (Phi) is 5.04. The standard InChI is InChI=1S/C23H27N3O3/c1-15-9-8-14-19(16(15)2)24-21(27)23(29)18-12-6-7-13-20(18)25-22(28)26(23)17-10-4-3-5-11-17/h3-7,10-13,15-16,19,29H,8-9,14H2,1-2H3,(H,24,27)(H,25,28)/t15-,16-,19-,23+/m1/s1. The number of carbonyl (C=O) groups excluding carboxylic acids is 2. The highest BCUT2D eigenvalue weighted by Gasteiger charge is 2.52. The van der Waals surface area contributed by atoms with Gasteiger partial charge < -0.3 is 15.7 Å². The van der Waals surface area contributed by atoms with E-state index >= 15 is 0 Å². The van der Waals surface area contributed by atoms with Crippen LogP contribution in [0.5, 0.6) is 0 Å². The monoisotopic (exact) mass is 393 g/mol. The minimum atomic E-state index is -2.14. The first-order chi connectivity index (χ1) is 13.9. The molecule has 2 aromatic carbocycles. The lowest BCUT2D eigenvalue weighted by atomic mass is 9.78. The van der Waals surface area contributed by atoms with Crippen LogP contribution < -0.4 is 15.5 Å². The van der Waals surface area contributed by atoms with Crippen LogP contribution in [0.2, 0.25) is 0 Å². The molecule has 3 amide bonds. The van der Waals surface area contributed by atoms with E-state index in [-0.39, 0.29) is 6.04 Å². The smallest absolute Gasteiger partial charge is 0.329 e. The van der Waals surface area contributed by atoms with Gasteiger partial charge in [0.05, 0.1) is 5.69 Å². The number of para-hydroxylation sites is 2. The number of anilines is 2. The van der Waals surface area contributed by atoms with E-state index < -0.39 is 17.7 Å². The van der Waals surface area contributed by atoms with E-state index in [0.29, 0.717) is 28.8 Å². The highest BCUT2D eigenvalue weighted by Crippen LogP contribution is 2.40. The highest BCUT2D eigenvalue weighted by atomic mass is 16.3. The van der Waals surface area contributed by atoms with Crippen LogP contribution in [0.1, 0.15) is 38.7 Å². The van der Waals surface area contributed by atoms with Crippen LogP contribution >= 0.6 is 0 Å². The van der Waals surface area contributed by atoms with Crippen molar-refractivity contribution in [2.24, 2.45) is 11.8 Å². The third-order valence-electron chi connectivity index (χ3n) is 6.43. The van der Waals surface area contributed by atoms with Crippen molar-refractivity contribution in [1.29, 1.82) is 0 Å². The summed E-state index contributed by atoms with van der Waals surface area (Å²) in [6.07, 6.45) is 3.04. The van der Waals surface area contributed by atoms with Gasteiger partial charge in [0, 0.05) is 17.3 Å². The molecule has 6 heteroatoms. The lowest BCUT2D eigenvalue weighted by molar-refractivity contribution is -0.141. The Morgan fingerprint density at radius 2 is 1.79 bits per heavy atom. The van der Waals surface area contributed by atoms with Gasteiger partial charge in [0.2, 0.25) is 0 Å². The Hall–Kier alpha value is -2.86. The predicted octanol–water partition coefficient (Wildman–Crippen LogP) is 3.82. The number of hydrogen-bond acceptors (Lipinski definition) is 3. The molecule has 1 saturated carbocycles. The lowest BCUT2D eigenvalue weighted by Crippen LogP contribution is -2.64. The van der Waals surface area contributed by atoms with E-state index in [1.165, 1.54) is 0 Å². The van der Waals surface area contributed by atoms with Crippen LogP contribution in [0.15, 0.2) is 54.6 Å². The molecule has 1 aliphatic heterocycles. The van der Waals surface area contributed by atoms with E-state index in [9.17, 15) is 14.7 Å². The number of aliphatic hydroxyl groups is 1. The van der Waals surface area contributed by atoms with Gasteiger partial charge in [-0.1, -0.05) is 63.1 Å². The molecular formula is C23H27N3O3. The fraction of sp³-hybridized carbons (Fsp3) is 0.391. The minimum Gasteiger partial charge on any atom is -0.359 e. The molecule has 0 spiro atoms. The maximum Gasteiger partial charge on any atom is 0.329 e. The molecule has 0 radical (unpaired) electrons. The van der Waals surface area contributed by atoms with Gasteiger partial charge in [0.1, 0.15) is 0 Å². The van der Waals surface area contributed by atoms with Crippen LogP contribution in [0.3, 0.4) is 0 Å². The molecule has 4 atom stereocenters. The maximum absolute atomic E-state index is 13.5. The molecule has 0 bridgehead atoms. The molecule has 3 N–H and O–H groups in total. The number of carbonyl (C=O) groups is 2. The summed E-state index contributed by atoms with van der Waals surface area (Å²) in [5, 5.41) is 17.7. The summed E-state index contributed by atoms with van der Waals surface area (Å²) >= 11 is 0. The molecule has 2 aliphatic rings. The quantitative estimate of drug-likeness (QED) is 0.741. The molecule has 2 aromatic rings. The fourth-order valence-electron chi connectivity index (χ4n) is 4.49. The lowest BCUT2D eigenvalue weighted by Gasteiger charge is -2.44. The van der Waals surface area contributed by atoms with E-state index in [4.69, 9.17) is 0 Å². The first-order valence-electron chi connectivity index (χ1n) is 10.2. The first kappa shape index (κ1) is 19.5. The molecule has 1 heterocycles. The zero-order chi connectivity index (χ0) is 20.6. The van der Waals surface area contributed by atoms with Gasteiger partial charge in [-0.2, -0.15) is 0 Å². The molecule has 4 rings (SSSR count). The predicted molar refractivity (Wildman–Crippen MR) is 112 cm³/mol. The summed E-state index contributed by atoms with van der Waals surface area (Å²) in [4.78, 5) is 27.7. The van der Waals surface area contributed by atoms with E-state index in [1.807, 2.05) is 6.07 Å². The van der Waals surface area contributed by atoms with Crippen molar-refractivity contribution in [3.05, 3.63) is 60.2 Å². The van der Waals surface area contributed by atoms with E-state index in [0.717, 1.165) is 24.2 Å². The molecular weight excluding hydrogens is 366 g/mol. The van der Waals surface area contributed by atoms with Crippen molar-refractivity contribution in [2.45, 2.75) is 44.9 Å². The number of urea groups is 1. The third-order valence-corrected chi connectivity index (χ3v) is 6.43. The molecule has 29 heavy (non-hydrogen) atoms. The van der Waals surface area contributed by atoms with Gasteiger partial charge >= 0.3 is 6.03 Å². The summed E-state index contributed by atoms with van der Waals surface area (Å²) in [7, 11) is 0. The molecule has 6 nitrogen and oxygen atoms in total. The fourth-order valence-corrected chi connectivity index (χ4v) is 4.49. The topological polar surface area (TPSA) is 81.7 Å². The average molecular weight is 393 g/mol. The Morgan fingerprint density at radius 3 is 2.55 bits per heavy atom. The largest absolute Gasteiger partial charge is 0.359 e. The normalized spacial score (nSPS) is 29.0. The van der Waals surface area contributed by atoms with Gasteiger partial charge in [-0.15, -0.1) is 0 Å². The van der Waals surface area contributed by atoms with Gasteiger partial charge in [-0.25, -0.2) is 4.79 Å². The van der Waals surface area contributed by atoms with Crippen LogP contribution in [-0.4, -0.2) is 23.1 Å². The van der Waals surface area contributed by atoms with E-state index in [2.05, 4.69) is 24.5 Å². The number of nitrogens with zero attached hydrogens (tertiary/aromatic N) is 1. The first-order valence-corrected chi connectivity index (χ1v) is 10.2. The molecule has 1 fully saturated rings. The summed E-state index contributed by atoms with van der Waals surface area (Å²) in [5.41, 5.74) is -0.896. The van der Waals surface area contributed by atoms with Crippen LogP contribution in [0, 0.1) is 11.8 Å². The van der Waals surface area contributed by atoms with Crippen molar-refractivity contribution >= 4 is 23.3 Å². The number of amides is 3. The van der Waals surface area contributed by atoms with Crippen molar-refractivity contribution in [2.75, 3.05) is 10.2 Å².